The first kappa shape index (κ1) is 11.2. The van der Waals surface area contributed by atoms with Crippen LogP contribution in [0.15, 0.2) is 12.5 Å². The Kier molecular flexibility index (Phi) is 2.92. The first-order valence-corrected chi connectivity index (χ1v) is 6.77. The SMILES string of the molecule is C[C@@H](N)c1cncn1C1CCN2CCCC2C1. The topological polar surface area (TPSA) is 47.1 Å². The van der Waals surface area contributed by atoms with E-state index in [-0.39, 0.29) is 6.04 Å². The zero-order chi connectivity index (χ0) is 11.8. The lowest BCUT2D eigenvalue weighted by Crippen LogP contribution is -2.39. The quantitative estimate of drug-likeness (QED) is 0.847. The minimum atomic E-state index is 0.0825. The lowest BCUT2D eigenvalue weighted by atomic mass is 9.97. The maximum atomic E-state index is 6.00. The fourth-order valence-corrected chi connectivity index (χ4v) is 3.43. The average molecular weight is 234 g/mol. The molecule has 2 saturated heterocycles. The minimum absolute atomic E-state index is 0.0825. The lowest BCUT2D eigenvalue weighted by Gasteiger charge is -2.36. The van der Waals surface area contributed by atoms with Crippen molar-refractivity contribution in [3.8, 4) is 0 Å². The molecule has 0 spiro atoms. The molecular formula is C13H22N4. The Hall–Kier alpha value is -0.870. The van der Waals surface area contributed by atoms with Gasteiger partial charge in [0.1, 0.15) is 0 Å². The molecule has 3 atom stereocenters. The van der Waals surface area contributed by atoms with Crippen molar-refractivity contribution in [2.45, 2.75) is 50.7 Å². The molecule has 94 valence electrons. The molecule has 2 N–H and O–H groups in total. The predicted molar refractivity (Wildman–Crippen MR) is 67.7 cm³/mol. The van der Waals surface area contributed by atoms with E-state index in [1.165, 1.54) is 44.5 Å². The Morgan fingerprint density at radius 1 is 1.35 bits per heavy atom. The number of rotatable bonds is 2. The number of hydrogen-bond donors (Lipinski definition) is 1. The highest BCUT2D eigenvalue weighted by Gasteiger charge is 2.32. The second-order valence-corrected chi connectivity index (χ2v) is 5.52. The van der Waals surface area contributed by atoms with Gasteiger partial charge in [-0.3, -0.25) is 0 Å². The number of nitrogens with two attached hydrogens (primary N) is 1. The van der Waals surface area contributed by atoms with Gasteiger partial charge in [0.15, 0.2) is 0 Å². The molecule has 4 heteroatoms. The largest absolute Gasteiger partial charge is 0.330 e. The fraction of sp³-hybridized carbons (Fsp3) is 0.769. The molecule has 0 saturated carbocycles. The third-order valence-corrected chi connectivity index (χ3v) is 4.35. The van der Waals surface area contributed by atoms with Crippen molar-refractivity contribution in [1.29, 1.82) is 0 Å². The van der Waals surface area contributed by atoms with E-state index in [2.05, 4.69) is 14.5 Å². The van der Waals surface area contributed by atoms with Crippen molar-refractivity contribution in [1.82, 2.24) is 14.5 Å². The Bertz CT molecular complexity index is 385. The van der Waals surface area contributed by atoms with E-state index in [1.807, 2.05) is 19.4 Å². The summed E-state index contributed by atoms with van der Waals surface area (Å²) in [5, 5.41) is 0. The zero-order valence-corrected chi connectivity index (χ0v) is 10.5. The van der Waals surface area contributed by atoms with Gasteiger partial charge in [0.2, 0.25) is 0 Å². The van der Waals surface area contributed by atoms with Gasteiger partial charge in [-0.25, -0.2) is 4.98 Å². The van der Waals surface area contributed by atoms with Crippen LogP contribution in [0.2, 0.25) is 0 Å². The number of imidazole rings is 1. The molecule has 2 aliphatic heterocycles. The van der Waals surface area contributed by atoms with Gasteiger partial charge in [-0.1, -0.05) is 0 Å². The molecule has 1 aromatic rings. The molecule has 3 heterocycles. The first-order valence-electron chi connectivity index (χ1n) is 6.77. The smallest absolute Gasteiger partial charge is 0.0951 e. The van der Waals surface area contributed by atoms with Gasteiger partial charge in [0.05, 0.1) is 12.0 Å². The molecular weight excluding hydrogens is 212 g/mol. The highest BCUT2D eigenvalue weighted by Crippen LogP contribution is 2.34. The molecule has 0 bridgehead atoms. The van der Waals surface area contributed by atoms with Gasteiger partial charge in [0, 0.05) is 30.9 Å². The van der Waals surface area contributed by atoms with E-state index < -0.39 is 0 Å². The summed E-state index contributed by atoms with van der Waals surface area (Å²) >= 11 is 0. The molecule has 0 amide bonds. The molecule has 0 aromatic carbocycles. The zero-order valence-electron chi connectivity index (χ0n) is 10.5. The van der Waals surface area contributed by atoms with Gasteiger partial charge in [-0.05, 0) is 39.2 Å². The van der Waals surface area contributed by atoms with Crippen LogP contribution in [-0.2, 0) is 0 Å². The standard InChI is InChI=1S/C13H22N4/c1-10(14)13-8-15-9-17(13)12-4-6-16-5-2-3-11(16)7-12/h8-12H,2-7,14H2,1H3/t10-,11?,12?/m1/s1. The highest BCUT2D eigenvalue weighted by molar-refractivity contribution is 5.06. The molecule has 2 unspecified atom stereocenters. The fourth-order valence-electron chi connectivity index (χ4n) is 3.43. The maximum absolute atomic E-state index is 6.00. The maximum Gasteiger partial charge on any atom is 0.0951 e. The van der Waals surface area contributed by atoms with E-state index >= 15 is 0 Å². The van der Waals surface area contributed by atoms with E-state index in [0.717, 1.165) is 6.04 Å². The Morgan fingerprint density at radius 2 is 2.24 bits per heavy atom. The molecule has 4 nitrogen and oxygen atoms in total. The normalized spacial score (nSPS) is 31.4. The highest BCUT2D eigenvalue weighted by atomic mass is 15.2. The van der Waals surface area contributed by atoms with Crippen molar-refractivity contribution in [3.63, 3.8) is 0 Å². The van der Waals surface area contributed by atoms with Gasteiger partial charge in [-0.15, -0.1) is 0 Å². The van der Waals surface area contributed by atoms with E-state index in [9.17, 15) is 0 Å². The number of nitrogens with zero attached hydrogens (tertiary/aromatic N) is 3. The molecule has 0 radical (unpaired) electrons. The van der Waals surface area contributed by atoms with Gasteiger partial charge in [-0.2, -0.15) is 0 Å². The molecule has 1 aromatic heterocycles. The molecule has 2 fully saturated rings. The number of hydrogen-bond acceptors (Lipinski definition) is 3. The van der Waals surface area contributed by atoms with Gasteiger partial charge >= 0.3 is 0 Å². The second kappa shape index (κ2) is 4.42. The molecule has 2 aliphatic rings. The summed E-state index contributed by atoms with van der Waals surface area (Å²) in [4.78, 5) is 6.93. The molecule has 0 aliphatic carbocycles. The van der Waals surface area contributed by atoms with Crippen molar-refractivity contribution in [2.24, 2.45) is 5.73 Å². The Labute approximate surface area is 103 Å². The molecule has 3 rings (SSSR count). The number of aromatic nitrogens is 2. The van der Waals surface area contributed by atoms with Crippen molar-refractivity contribution in [2.75, 3.05) is 13.1 Å². The summed E-state index contributed by atoms with van der Waals surface area (Å²) in [6, 6.07) is 1.49. The number of piperidine rings is 1. The second-order valence-electron chi connectivity index (χ2n) is 5.52. The number of fused-ring (bicyclic) bond motifs is 1. The van der Waals surface area contributed by atoms with Crippen LogP contribution in [0.3, 0.4) is 0 Å². The van der Waals surface area contributed by atoms with Gasteiger partial charge in [0.25, 0.3) is 0 Å². The van der Waals surface area contributed by atoms with Crippen molar-refractivity contribution < 1.29 is 0 Å². The van der Waals surface area contributed by atoms with E-state index in [1.54, 1.807) is 0 Å². The van der Waals surface area contributed by atoms with E-state index in [4.69, 9.17) is 5.73 Å². The Balaban J connectivity index is 1.78. The molecule has 17 heavy (non-hydrogen) atoms. The van der Waals surface area contributed by atoms with Crippen LogP contribution in [0.1, 0.15) is 50.4 Å². The summed E-state index contributed by atoms with van der Waals surface area (Å²) in [7, 11) is 0. The minimum Gasteiger partial charge on any atom is -0.330 e. The van der Waals surface area contributed by atoms with Gasteiger partial charge < -0.3 is 15.2 Å². The van der Waals surface area contributed by atoms with Crippen molar-refractivity contribution in [3.05, 3.63) is 18.2 Å². The Morgan fingerprint density at radius 3 is 3.06 bits per heavy atom. The van der Waals surface area contributed by atoms with E-state index in [0.29, 0.717) is 6.04 Å². The van der Waals surface area contributed by atoms with Crippen LogP contribution < -0.4 is 5.73 Å². The van der Waals surface area contributed by atoms with Crippen LogP contribution in [0, 0.1) is 0 Å². The third-order valence-electron chi connectivity index (χ3n) is 4.35. The summed E-state index contributed by atoms with van der Waals surface area (Å²) in [6.07, 6.45) is 9.16. The van der Waals surface area contributed by atoms with Crippen LogP contribution in [0.25, 0.3) is 0 Å². The van der Waals surface area contributed by atoms with Crippen LogP contribution in [-0.4, -0.2) is 33.6 Å². The summed E-state index contributed by atoms with van der Waals surface area (Å²) in [5.41, 5.74) is 7.18. The van der Waals surface area contributed by atoms with Crippen LogP contribution in [0.4, 0.5) is 0 Å². The summed E-state index contributed by atoms with van der Waals surface area (Å²) in [5.74, 6) is 0. The monoisotopic (exact) mass is 234 g/mol. The predicted octanol–water partition coefficient (Wildman–Crippen LogP) is 1.70. The van der Waals surface area contributed by atoms with Crippen LogP contribution >= 0.6 is 0 Å². The van der Waals surface area contributed by atoms with Crippen molar-refractivity contribution >= 4 is 0 Å². The average Bonchev–Trinajstić information content (AvgIpc) is 2.96. The lowest BCUT2D eigenvalue weighted by molar-refractivity contribution is 0.153. The summed E-state index contributed by atoms with van der Waals surface area (Å²) < 4.78 is 2.32. The third kappa shape index (κ3) is 2.00. The van der Waals surface area contributed by atoms with Crippen LogP contribution in [0.5, 0.6) is 0 Å². The first-order chi connectivity index (χ1) is 8.25. The summed E-state index contributed by atoms with van der Waals surface area (Å²) in [6.45, 7) is 4.59.